The van der Waals surface area contributed by atoms with Crippen LogP contribution in [0.3, 0.4) is 0 Å². The Hall–Kier alpha value is -0.784. The Labute approximate surface area is 224 Å². The molecule has 29 heavy (non-hydrogen) atoms. The summed E-state index contributed by atoms with van der Waals surface area (Å²) in [6, 6.07) is 8.31. The zero-order chi connectivity index (χ0) is 23.4. The number of para-hydroxylation sites is 1. The van der Waals surface area contributed by atoms with Crippen LogP contribution in [0.2, 0.25) is 0 Å². The van der Waals surface area contributed by atoms with Crippen LogP contribution in [0, 0.1) is 19.3 Å². The van der Waals surface area contributed by atoms with Crippen molar-refractivity contribution in [1.82, 2.24) is 4.98 Å². The van der Waals surface area contributed by atoms with Crippen molar-refractivity contribution < 1.29 is 56.2 Å². The van der Waals surface area contributed by atoms with Crippen LogP contribution in [0.4, 0.5) is 0 Å². The molecule has 4 heteroatoms. The summed E-state index contributed by atoms with van der Waals surface area (Å²) in [5.74, 6) is 0. The molecule has 0 saturated heterocycles. The molecule has 1 heterocycles. The number of fused-ring (bicyclic) bond motifs is 1. The van der Waals surface area contributed by atoms with Crippen LogP contribution in [0.5, 0.6) is 0 Å². The van der Waals surface area contributed by atoms with Crippen molar-refractivity contribution in [2.45, 2.75) is 67.7 Å². The second kappa shape index (κ2) is 41.6. The quantitative estimate of drug-likeness (QED) is 0.225. The van der Waals surface area contributed by atoms with Gasteiger partial charge in [0.1, 0.15) is 0 Å². The normalized spacial score (nSPS) is 6.90. The monoisotopic (exact) mass is 427 g/mol. The third-order valence-electron chi connectivity index (χ3n) is 2.85. The molecule has 0 atom stereocenters. The molecule has 1 aromatic heterocycles. The molecule has 162 valence electrons. The van der Waals surface area contributed by atoms with Gasteiger partial charge in [-0.3, -0.25) is 6.79 Å². The Kier molecular flexibility index (Phi) is 60.7. The van der Waals surface area contributed by atoms with Gasteiger partial charge >= 0.3 is 51.4 Å². The van der Waals surface area contributed by atoms with Crippen molar-refractivity contribution in [3.05, 3.63) is 68.3 Å². The molecule has 2 aromatic rings. The van der Waals surface area contributed by atoms with Crippen molar-refractivity contribution in [3.8, 4) is 0 Å². The first-order valence-corrected chi connectivity index (χ1v) is 9.84. The first-order valence-electron chi connectivity index (χ1n) is 9.84. The van der Waals surface area contributed by atoms with E-state index >= 15 is 0 Å². The summed E-state index contributed by atoms with van der Waals surface area (Å²) in [6.45, 7) is 30.2. The molecule has 0 aliphatic heterocycles. The molecule has 0 bridgehead atoms. The predicted octanol–water partition coefficient (Wildman–Crippen LogP) is 5.28. The molecule has 0 aliphatic rings. The number of aromatic amines is 1. The maximum Gasteiger partial charge on any atom is 1.00 e. The average molecular weight is 428 g/mol. The number of hydrogen-bond donors (Lipinski definition) is 2. The first kappa shape index (κ1) is 42.3. The van der Waals surface area contributed by atoms with Gasteiger partial charge in [0.2, 0.25) is 0 Å². The van der Waals surface area contributed by atoms with Crippen LogP contribution >= 0.6 is 0 Å². The number of rotatable bonds is 4. The number of H-pyrrole nitrogens is 1. The van der Waals surface area contributed by atoms with E-state index in [-0.39, 0.29) is 51.4 Å². The summed E-state index contributed by atoms with van der Waals surface area (Å²) >= 11 is 0. The topological polar surface area (TPSA) is 56.7 Å². The molecule has 0 unspecified atom stereocenters. The Balaban J connectivity index is -0.0000000631. The van der Waals surface area contributed by atoms with Crippen LogP contribution in [0.15, 0.2) is 55.8 Å². The molecular formula is C25H44KN2O-. The first-order chi connectivity index (χ1) is 13.7. The van der Waals surface area contributed by atoms with Gasteiger partial charge in [-0.05, 0) is 37.0 Å². The van der Waals surface area contributed by atoms with E-state index in [0.29, 0.717) is 0 Å². The third-order valence-corrected chi connectivity index (χ3v) is 2.85. The van der Waals surface area contributed by atoms with Crippen molar-refractivity contribution >= 4 is 23.9 Å². The minimum absolute atomic E-state index is 0. The predicted molar refractivity (Wildman–Crippen MR) is 132 cm³/mol. The Bertz CT molecular complexity index is 549. The minimum atomic E-state index is 0. The molecule has 0 aliphatic carbocycles. The maximum absolute atomic E-state index is 7.75. The van der Waals surface area contributed by atoms with E-state index in [9.17, 15) is 0 Å². The van der Waals surface area contributed by atoms with Crippen molar-refractivity contribution in [2.75, 3.05) is 0 Å². The third kappa shape index (κ3) is 27.2. The van der Waals surface area contributed by atoms with Gasteiger partial charge in [0.15, 0.2) is 0 Å². The summed E-state index contributed by atoms with van der Waals surface area (Å²) in [5.41, 5.74) is 3.47. The van der Waals surface area contributed by atoms with Gasteiger partial charge in [0, 0.05) is 23.3 Å². The van der Waals surface area contributed by atoms with Crippen molar-refractivity contribution in [3.63, 3.8) is 0 Å². The van der Waals surface area contributed by atoms with Gasteiger partial charge in [-0.15, -0.1) is 13.2 Å². The Morgan fingerprint density at radius 2 is 1.59 bits per heavy atom. The van der Waals surface area contributed by atoms with Crippen LogP contribution in [-0.2, 0) is 4.79 Å². The number of hydrogen-bond acceptors (Lipinski definition) is 2. The molecule has 2 N–H and O–H groups in total. The number of benzene rings is 1. The minimum Gasteiger partial charge on any atom is -0.545 e. The Morgan fingerprint density at radius 1 is 1.14 bits per heavy atom. The number of nitrogens with one attached hydrogen (secondary N) is 2. The SMILES string of the molecule is C=C.C=C(C=N)CCCC.CC.CC.Cc1c[nH]c2ccccc12.[CH-]=O.[CH2-]C.[K+]. The molecule has 0 saturated carbocycles. The second-order valence-corrected chi connectivity index (χ2v) is 4.42. The number of unbranched alkanes of at least 4 members (excludes halogenated alkanes) is 1. The molecule has 0 radical (unpaired) electrons. The number of aromatic nitrogens is 1. The van der Waals surface area contributed by atoms with Gasteiger partial charge in [0.25, 0.3) is 0 Å². The molecule has 0 spiro atoms. The number of aryl methyl sites for hydroxylation is 1. The summed E-state index contributed by atoms with van der Waals surface area (Å²) < 4.78 is 0. The van der Waals surface area contributed by atoms with E-state index in [1.54, 1.807) is 6.92 Å². The average Bonchev–Trinajstić information content (AvgIpc) is 3.20. The molecule has 3 nitrogen and oxygen atoms in total. The summed E-state index contributed by atoms with van der Waals surface area (Å²) in [6.07, 6.45) is 6.70. The zero-order valence-electron chi connectivity index (χ0n) is 20.4. The fourth-order valence-electron chi connectivity index (χ4n) is 1.69. The van der Waals surface area contributed by atoms with Crippen molar-refractivity contribution in [2.24, 2.45) is 0 Å². The molecule has 2 rings (SSSR count). The standard InChI is InChI=1S/C9H9N.C7H13N.2C2H6.C2H5.C2H4.CHO.K/c1-7-6-10-9-5-3-2-4-8(7)9;1-3-4-5-7(2)6-8;5*1-2;/h2-6,10H,1H3;6,8H,2-5H2,1H3;2*1-2H3;1H2,2H3;1-2H2;1H;/q;;;;-1;;-1;+1. The summed E-state index contributed by atoms with van der Waals surface area (Å²) in [5, 5.41) is 8.08. The van der Waals surface area contributed by atoms with E-state index in [0.717, 1.165) is 18.4 Å². The van der Waals surface area contributed by atoms with Gasteiger partial charge in [-0.25, -0.2) is 0 Å². The van der Waals surface area contributed by atoms with Crippen LogP contribution in [0.1, 0.15) is 66.4 Å². The second-order valence-electron chi connectivity index (χ2n) is 4.42. The fourth-order valence-corrected chi connectivity index (χ4v) is 1.69. The molecule has 0 fully saturated rings. The van der Waals surface area contributed by atoms with Crippen molar-refractivity contribution in [1.29, 1.82) is 5.41 Å². The van der Waals surface area contributed by atoms with E-state index in [4.69, 9.17) is 10.2 Å². The zero-order valence-corrected chi connectivity index (χ0v) is 23.5. The van der Waals surface area contributed by atoms with Gasteiger partial charge < -0.3 is 22.1 Å². The van der Waals surface area contributed by atoms with Crippen LogP contribution in [-0.4, -0.2) is 18.0 Å². The smallest absolute Gasteiger partial charge is 0.545 e. The van der Waals surface area contributed by atoms with Gasteiger partial charge in [-0.1, -0.05) is 65.8 Å². The van der Waals surface area contributed by atoms with Gasteiger partial charge in [0.05, 0.1) is 0 Å². The fraction of sp³-hybridized carbons (Fsp3) is 0.400. The largest absolute Gasteiger partial charge is 1.00 e. The van der Waals surface area contributed by atoms with E-state index < -0.39 is 0 Å². The van der Waals surface area contributed by atoms with E-state index in [1.807, 2.05) is 40.0 Å². The number of carbonyl (C=O) groups excluding carboxylic acids is 1. The van der Waals surface area contributed by atoms with Crippen LogP contribution in [0.25, 0.3) is 10.9 Å². The maximum atomic E-state index is 7.75. The molecule has 1 aromatic carbocycles. The van der Waals surface area contributed by atoms with E-state index in [2.05, 4.69) is 70.5 Å². The Morgan fingerprint density at radius 3 is 1.97 bits per heavy atom. The summed E-state index contributed by atoms with van der Waals surface area (Å²) in [7, 11) is 0. The summed E-state index contributed by atoms with van der Waals surface area (Å²) in [4.78, 5) is 10.9. The van der Waals surface area contributed by atoms with Gasteiger partial charge in [-0.2, -0.15) is 6.92 Å². The molecular weight excluding hydrogens is 383 g/mol. The van der Waals surface area contributed by atoms with E-state index in [1.165, 1.54) is 29.1 Å². The van der Waals surface area contributed by atoms with Crippen LogP contribution < -0.4 is 51.4 Å². The molecule has 0 amide bonds. The number of allylic oxidation sites excluding steroid dienone is 1.